The van der Waals surface area contributed by atoms with Gasteiger partial charge in [0.2, 0.25) is 17.8 Å². The SMILES string of the molecule is CN(C)c1nc(NCCCS(C)(=O)=O)nc(Nc2ccccc2S(=O)(=O)O)n1. The second kappa shape index (κ2) is 8.67. The predicted octanol–water partition coefficient (Wildman–Crippen LogP) is 0.774. The molecule has 0 aliphatic carbocycles. The maximum Gasteiger partial charge on any atom is 0.296 e. The van der Waals surface area contributed by atoms with Crippen molar-refractivity contribution in [2.45, 2.75) is 11.3 Å². The van der Waals surface area contributed by atoms with E-state index in [1.54, 1.807) is 25.1 Å². The number of sulfone groups is 1. The lowest BCUT2D eigenvalue weighted by Crippen LogP contribution is -2.17. The third kappa shape index (κ3) is 6.58. The molecule has 0 spiro atoms. The predicted molar refractivity (Wildman–Crippen MR) is 107 cm³/mol. The van der Waals surface area contributed by atoms with Crippen LogP contribution in [0.1, 0.15) is 6.42 Å². The fraction of sp³-hybridized carbons (Fsp3) is 0.400. The first-order valence-electron chi connectivity index (χ1n) is 8.14. The van der Waals surface area contributed by atoms with Gasteiger partial charge in [0.15, 0.2) is 0 Å². The summed E-state index contributed by atoms with van der Waals surface area (Å²) in [5, 5.41) is 5.69. The first-order valence-corrected chi connectivity index (χ1v) is 11.6. The van der Waals surface area contributed by atoms with E-state index in [-0.39, 0.29) is 28.2 Å². The smallest absolute Gasteiger partial charge is 0.296 e. The Morgan fingerprint density at radius 3 is 2.29 bits per heavy atom. The van der Waals surface area contributed by atoms with Gasteiger partial charge < -0.3 is 15.5 Å². The summed E-state index contributed by atoms with van der Waals surface area (Å²) in [6, 6.07) is 5.77. The molecule has 2 rings (SSSR count). The zero-order valence-electron chi connectivity index (χ0n) is 15.6. The number of benzene rings is 1. The number of nitrogens with one attached hydrogen (secondary N) is 2. The summed E-state index contributed by atoms with van der Waals surface area (Å²) >= 11 is 0. The minimum Gasteiger partial charge on any atom is -0.354 e. The third-order valence-corrected chi connectivity index (χ3v) is 5.35. The van der Waals surface area contributed by atoms with Crippen LogP contribution in [-0.4, -0.2) is 69.0 Å². The monoisotopic (exact) mass is 430 g/mol. The highest BCUT2D eigenvalue weighted by Gasteiger charge is 2.16. The highest BCUT2D eigenvalue weighted by molar-refractivity contribution is 7.90. The second-order valence-electron chi connectivity index (χ2n) is 6.18. The molecule has 0 radical (unpaired) electrons. The quantitative estimate of drug-likeness (QED) is 0.382. The molecule has 154 valence electrons. The largest absolute Gasteiger partial charge is 0.354 e. The molecule has 2 aromatic rings. The van der Waals surface area contributed by atoms with Crippen LogP contribution in [0.5, 0.6) is 0 Å². The van der Waals surface area contributed by atoms with E-state index in [2.05, 4.69) is 25.6 Å². The zero-order chi connectivity index (χ0) is 20.9. The normalized spacial score (nSPS) is 11.9. The van der Waals surface area contributed by atoms with Crippen molar-refractivity contribution in [1.29, 1.82) is 0 Å². The lowest BCUT2D eigenvalue weighted by Gasteiger charge is -2.15. The number of nitrogens with zero attached hydrogens (tertiary/aromatic N) is 4. The summed E-state index contributed by atoms with van der Waals surface area (Å²) in [6.07, 6.45) is 1.53. The molecule has 1 heterocycles. The van der Waals surface area contributed by atoms with Crippen LogP contribution in [0.4, 0.5) is 23.5 Å². The van der Waals surface area contributed by atoms with Gasteiger partial charge in [0.25, 0.3) is 10.1 Å². The maximum atomic E-state index is 11.5. The molecule has 1 aromatic carbocycles. The Kier molecular flexibility index (Phi) is 6.74. The Labute approximate surface area is 163 Å². The van der Waals surface area contributed by atoms with E-state index in [9.17, 15) is 21.4 Å². The lowest BCUT2D eigenvalue weighted by molar-refractivity contribution is 0.483. The van der Waals surface area contributed by atoms with Crippen LogP contribution >= 0.6 is 0 Å². The Bertz CT molecular complexity index is 1040. The van der Waals surface area contributed by atoms with Crippen LogP contribution in [0.3, 0.4) is 0 Å². The molecule has 0 unspecified atom stereocenters. The van der Waals surface area contributed by atoms with Crippen molar-refractivity contribution < 1.29 is 21.4 Å². The molecule has 3 N–H and O–H groups in total. The van der Waals surface area contributed by atoms with E-state index in [1.807, 2.05) is 0 Å². The van der Waals surface area contributed by atoms with E-state index < -0.39 is 20.0 Å². The fourth-order valence-electron chi connectivity index (χ4n) is 2.15. The van der Waals surface area contributed by atoms with Crippen LogP contribution in [0, 0.1) is 0 Å². The van der Waals surface area contributed by atoms with E-state index >= 15 is 0 Å². The Morgan fingerprint density at radius 2 is 1.68 bits per heavy atom. The molecule has 0 aliphatic heterocycles. The molecule has 0 saturated carbocycles. The van der Waals surface area contributed by atoms with Crippen LogP contribution in [-0.2, 0) is 20.0 Å². The van der Waals surface area contributed by atoms with Gasteiger partial charge in [-0.1, -0.05) is 12.1 Å². The van der Waals surface area contributed by atoms with Gasteiger partial charge in [0.05, 0.1) is 11.4 Å². The maximum absolute atomic E-state index is 11.5. The number of para-hydroxylation sites is 1. The fourth-order valence-corrected chi connectivity index (χ4v) is 3.47. The van der Waals surface area contributed by atoms with Crippen molar-refractivity contribution in [3.8, 4) is 0 Å². The molecule has 0 saturated heterocycles. The molecule has 28 heavy (non-hydrogen) atoms. The average molecular weight is 431 g/mol. The van der Waals surface area contributed by atoms with Crippen molar-refractivity contribution in [2.75, 3.05) is 48.2 Å². The molecule has 1 aromatic heterocycles. The first-order chi connectivity index (χ1) is 13.0. The van der Waals surface area contributed by atoms with Crippen LogP contribution in [0.25, 0.3) is 0 Å². The van der Waals surface area contributed by atoms with Gasteiger partial charge in [-0.15, -0.1) is 0 Å². The number of rotatable bonds is 9. The van der Waals surface area contributed by atoms with Crippen molar-refractivity contribution in [3.05, 3.63) is 24.3 Å². The Balaban J connectivity index is 2.26. The van der Waals surface area contributed by atoms with Gasteiger partial charge in [-0.2, -0.15) is 23.4 Å². The third-order valence-electron chi connectivity index (χ3n) is 3.41. The second-order valence-corrected chi connectivity index (χ2v) is 9.83. The van der Waals surface area contributed by atoms with E-state index in [1.165, 1.54) is 18.2 Å². The van der Waals surface area contributed by atoms with Crippen molar-refractivity contribution >= 4 is 43.5 Å². The lowest BCUT2D eigenvalue weighted by atomic mass is 10.3. The molecular formula is C15H22N6O5S2. The first kappa shape index (κ1) is 21.8. The Morgan fingerprint density at radius 1 is 1.04 bits per heavy atom. The molecule has 13 heteroatoms. The van der Waals surface area contributed by atoms with Gasteiger partial charge in [-0.05, 0) is 18.6 Å². The van der Waals surface area contributed by atoms with E-state index in [0.29, 0.717) is 18.9 Å². The summed E-state index contributed by atoms with van der Waals surface area (Å²) in [7, 11) is -4.06. The summed E-state index contributed by atoms with van der Waals surface area (Å²) < 4.78 is 54.8. The molecular weight excluding hydrogens is 408 g/mol. The van der Waals surface area contributed by atoms with Gasteiger partial charge in [-0.3, -0.25) is 4.55 Å². The summed E-state index contributed by atoms with van der Waals surface area (Å²) in [4.78, 5) is 13.9. The van der Waals surface area contributed by atoms with E-state index in [0.717, 1.165) is 6.26 Å². The number of anilines is 4. The number of hydrogen-bond acceptors (Lipinski definition) is 10. The van der Waals surface area contributed by atoms with Gasteiger partial charge in [0, 0.05) is 26.9 Å². The minimum absolute atomic E-state index is 0.0263. The molecule has 0 aliphatic rings. The topological polar surface area (TPSA) is 154 Å². The van der Waals surface area contributed by atoms with Gasteiger partial charge in [0.1, 0.15) is 14.7 Å². The van der Waals surface area contributed by atoms with Gasteiger partial charge >= 0.3 is 0 Å². The average Bonchev–Trinajstić information content (AvgIpc) is 2.57. The minimum atomic E-state index is -4.44. The molecule has 0 bridgehead atoms. The highest BCUT2D eigenvalue weighted by atomic mass is 32.2. The van der Waals surface area contributed by atoms with Crippen LogP contribution in [0.2, 0.25) is 0 Å². The summed E-state index contributed by atoms with van der Waals surface area (Å²) in [5.74, 6) is 0.574. The molecule has 0 atom stereocenters. The van der Waals surface area contributed by atoms with Crippen LogP contribution in [0.15, 0.2) is 29.2 Å². The Hall–Kier alpha value is -2.51. The van der Waals surface area contributed by atoms with Crippen molar-refractivity contribution in [3.63, 3.8) is 0 Å². The van der Waals surface area contributed by atoms with Crippen LogP contribution < -0.4 is 15.5 Å². The zero-order valence-corrected chi connectivity index (χ0v) is 17.2. The summed E-state index contributed by atoms with van der Waals surface area (Å²) in [5.41, 5.74) is 0.101. The van der Waals surface area contributed by atoms with E-state index in [4.69, 9.17) is 0 Å². The standard InChI is InChI=1S/C15H22N6O5S2/c1-21(2)15-19-13(16-9-6-10-27(3,22)23)18-14(20-15)17-11-7-4-5-8-12(11)28(24,25)26/h4-5,7-8H,6,9-10H2,1-3H3,(H,24,25,26)(H2,16,17,18,19,20). The van der Waals surface area contributed by atoms with Crippen molar-refractivity contribution in [2.24, 2.45) is 0 Å². The molecule has 0 fully saturated rings. The van der Waals surface area contributed by atoms with Gasteiger partial charge in [-0.25, -0.2) is 8.42 Å². The number of hydrogen-bond donors (Lipinski definition) is 3. The number of aromatic nitrogens is 3. The highest BCUT2D eigenvalue weighted by Crippen LogP contribution is 2.24. The van der Waals surface area contributed by atoms with Crippen molar-refractivity contribution in [1.82, 2.24) is 15.0 Å². The molecule has 11 nitrogen and oxygen atoms in total. The summed E-state index contributed by atoms with van der Waals surface area (Å²) in [6.45, 7) is 0.324. The molecule has 0 amide bonds.